The summed E-state index contributed by atoms with van der Waals surface area (Å²) in [6, 6.07) is 13.1. The van der Waals surface area contributed by atoms with E-state index in [9.17, 15) is 0 Å². The Hall–Kier alpha value is -1.98. The van der Waals surface area contributed by atoms with Crippen LogP contribution in [0.5, 0.6) is 0 Å². The van der Waals surface area contributed by atoms with Crippen LogP contribution >= 0.6 is 11.3 Å². The van der Waals surface area contributed by atoms with Gasteiger partial charge in [-0.3, -0.25) is 0 Å². The van der Waals surface area contributed by atoms with Crippen molar-refractivity contribution in [1.29, 1.82) is 0 Å². The first kappa shape index (κ1) is 16.9. The Kier molecular flexibility index (Phi) is 5.43. The molecule has 0 radical (unpaired) electrons. The maximum absolute atomic E-state index is 5.76. The van der Waals surface area contributed by atoms with E-state index in [1.165, 1.54) is 11.1 Å². The van der Waals surface area contributed by atoms with Crippen molar-refractivity contribution in [2.75, 3.05) is 0 Å². The summed E-state index contributed by atoms with van der Waals surface area (Å²) in [6.07, 6.45) is 1.06. The number of aromatic nitrogens is 2. The highest BCUT2D eigenvalue weighted by atomic mass is 32.1. The van der Waals surface area contributed by atoms with Crippen LogP contribution in [0, 0.1) is 5.92 Å². The van der Waals surface area contributed by atoms with Crippen molar-refractivity contribution in [3.05, 3.63) is 58.8 Å². The normalized spacial score (nSPS) is 12.7. The molecule has 0 fully saturated rings. The van der Waals surface area contributed by atoms with Gasteiger partial charge >= 0.3 is 0 Å². The van der Waals surface area contributed by atoms with Crippen molar-refractivity contribution in [2.24, 2.45) is 5.92 Å². The van der Waals surface area contributed by atoms with E-state index in [2.05, 4.69) is 60.6 Å². The van der Waals surface area contributed by atoms with Crippen molar-refractivity contribution in [3.8, 4) is 10.8 Å². The first-order valence-electron chi connectivity index (χ1n) is 8.36. The van der Waals surface area contributed by atoms with Crippen LogP contribution in [0.4, 0.5) is 0 Å². The molecule has 1 N–H and O–H groups in total. The van der Waals surface area contributed by atoms with Gasteiger partial charge < -0.3 is 9.73 Å². The third kappa shape index (κ3) is 3.91. The first-order chi connectivity index (χ1) is 11.7. The molecule has 0 saturated carbocycles. The minimum absolute atomic E-state index is 0.257. The summed E-state index contributed by atoms with van der Waals surface area (Å²) < 4.78 is 5.76. The number of rotatable bonds is 7. The highest BCUT2D eigenvalue weighted by Gasteiger charge is 2.17. The van der Waals surface area contributed by atoms with Gasteiger partial charge in [0, 0.05) is 6.04 Å². The maximum Gasteiger partial charge on any atom is 0.257 e. The van der Waals surface area contributed by atoms with Gasteiger partial charge in [-0.05, 0) is 34.9 Å². The molecule has 2 aromatic heterocycles. The van der Waals surface area contributed by atoms with Crippen LogP contribution < -0.4 is 5.32 Å². The van der Waals surface area contributed by atoms with E-state index in [1.807, 2.05) is 17.5 Å². The molecule has 2 heterocycles. The molecule has 24 heavy (non-hydrogen) atoms. The first-order valence-corrected chi connectivity index (χ1v) is 9.23. The number of hydrogen-bond acceptors (Lipinski definition) is 5. The lowest BCUT2D eigenvalue weighted by molar-refractivity contribution is 0.380. The molecule has 1 unspecified atom stereocenters. The van der Waals surface area contributed by atoms with E-state index in [4.69, 9.17) is 4.42 Å². The standard InChI is InChI=1S/C19H23N3OS/c1-4-14-7-9-15(10-8-14)18(13(2)3)20-12-17-21-22-19(23-17)16-6-5-11-24-16/h5-11,13,18,20H,4,12H2,1-3H3. The fourth-order valence-corrected chi connectivity index (χ4v) is 3.37. The van der Waals surface area contributed by atoms with Crippen molar-refractivity contribution >= 4 is 11.3 Å². The van der Waals surface area contributed by atoms with E-state index in [0.29, 0.717) is 24.2 Å². The quantitative estimate of drug-likeness (QED) is 0.667. The SMILES string of the molecule is CCc1ccc(C(NCc2nnc(-c3cccs3)o2)C(C)C)cc1. The second-order valence-corrected chi connectivity index (χ2v) is 7.12. The summed E-state index contributed by atoms with van der Waals surface area (Å²) >= 11 is 1.60. The van der Waals surface area contributed by atoms with E-state index < -0.39 is 0 Å². The Morgan fingerprint density at radius 2 is 1.92 bits per heavy atom. The number of benzene rings is 1. The lowest BCUT2D eigenvalue weighted by Gasteiger charge is -2.22. The predicted octanol–water partition coefficient (Wildman–Crippen LogP) is 4.85. The minimum atomic E-state index is 0.257. The van der Waals surface area contributed by atoms with Gasteiger partial charge in [0.25, 0.3) is 5.89 Å². The van der Waals surface area contributed by atoms with Crippen LogP contribution in [0.2, 0.25) is 0 Å². The molecule has 4 nitrogen and oxygen atoms in total. The van der Waals surface area contributed by atoms with Gasteiger partial charge in [-0.1, -0.05) is 51.1 Å². The molecular weight excluding hydrogens is 318 g/mol. The Labute approximate surface area is 146 Å². The summed E-state index contributed by atoms with van der Waals surface area (Å²) in [6.45, 7) is 7.18. The lowest BCUT2D eigenvalue weighted by Crippen LogP contribution is -2.25. The molecule has 5 heteroatoms. The third-order valence-electron chi connectivity index (χ3n) is 4.09. The molecule has 126 valence electrons. The van der Waals surface area contributed by atoms with Crippen LogP contribution in [0.3, 0.4) is 0 Å². The van der Waals surface area contributed by atoms with Crippen LogP contribution in [-0.2, 0) is 13.0 Å². The van der Waals surface area contributed by atoms with Crippen molar-refractivity contribution in [1.82, 2.24) is 15.5 Å². The van der Waals surface area contributed by atoms with E-state index >= 15 is 0 Å². The lowest BCUT2D eigenvalue weighted by atomic mass is 9.95. The van der Waals surface area contributed by atoms with Gasteiger partial charge in [0.1, 0.15) is 0 Å². The molecule has 0 aliphatic heterocycles. The van der Waals surface area contributed by atoms with Crippen molar-refractivity contribution in [2.45, 2.75) is 39.8 Å². The smallest absolute Gasteiger partial charge is 0.257 e. The highest BCUT2D eigenvalue weighted by Crippen LogP contribution is 2.25. The average Bonchev–Trinajstić information content (AvgIpc) is 3.26. The van der Waals surface area contributed by atoms with Gasteiger partial charge in [-0.2, -0.15) is 0 Å². The molecule has 3 rings (SSSR count). The van der Waals surface area contributed by atoms with Crippen molar-refractivity contribution < 1.29 is 4.42 Å². The van der Waals surface area contributed by atoms with Gasteiger partial charge in [0.05, 0.1) is 11.4 Å². The topological polar surface area (TPSA) is 51.0 Å². The van der Waals surface area contributed by atoms with Gasteiger partial charge in [0.2, 0.25) is 5.89 Å². The zero-order valence-electron chi connectivity index (χ0n) is 14.3. The Morgan fingerprint density at radius 3 is 2.54 bits per heavy atom. The molecular formula is C19H23N3OS. The fraction of sp³-hybridized carbons (Fsp3) is 0.368. The van der Waals surface area contributed by atoms with E-state index in [-0.39, 0.29) is 6.04 Å². The number of nitrogens with one attached hydrogen (secondary N) is 1. The van der Waals surface area contributed by atoms with E-state index in [0.717, 1.165) is 11.3 Å². The summed E-state index contributed by atoms with van der Waals surface area (Å²) in [7, 11) is 0. The molecule has 0 aliphatic rings. The maximum atomic E-state index is 5.76. The van der Waals surface area contributed by atoms with Crippen LogP contribution in [0.25, 0.3) is 10.8 Å². The molecule has 0 bridgehead atoms. The van der Waals surface area contributed by atoms with Crippen molar-refractivity contribution in [3.63, 3.8) is 0 Å². The Bertz CT molecular complexity index is 747. The summed E-state index contributed by atoms with van der Waals surface area (Å²) in [4.78, 5) is 1.00. The van der Waals surface area contributed by atoms with Gasteiger partial charge in [-0.25, -0.2) is 0 Å². The number of aryl methyl sites for hydroxylation is 1. The fourth-order valence-electron chi connectivity index (χ4n) is 2.72. The molecule has 0 aliphatic carbocycles. The monoisotopic (exact) mass is 341 g/mol. The third-order valence-corrected chi connectivity index (χ3v) is 4.94. The molecule has 3 aromatic rings. The largest absolute Gasteiger partial charge is 0.419 e. The molecule has 0 amide bonds. The zero-order valence-corrected chi connectivity index (χ0v) is 15.1. The zero-order chi connectivity index (χ0) is 16.9. The second kappa shape index (κ2) is 7.73. The Morgan fingerprint density at radius 1 is 1.12 bits per heavy atom. The van der Waals surface area contributed by atoms with Crippen LogP contribution in [0.15, 0.2) is 46.2 Å². The summed E-state index contributed by atoms with van der Waals surface area (Å²) in [5.74, 6) is 1.68. The molecule has 1 atom stereocenters. The average molecular weight is 341 g/mol. The number of hydrogen-bond donors (Lipinski definition) is 1. The Balaban J connectivity index is 1.68. The predicted molar refractivity (Wildman–Crippen MR) is 97.8 cm³/mol. The van der Waals surface area contributed by atoms with Gasteiger partial charge in [-0.15, -0.1) is 21.5 Å². The second-order valence-electron chi connectivity index (χ2n) is 6.18. The van der Waals surface area contributed by atoms with Crippen LogP contribution in [-0.4, -0.2) is 10.2 Å². The van der Waals surface area contributed by atoms with E-state index in [1.54, 1.807) is 11.3 Å². The highest BCUT2D eigenvalue weighted by molar-refractivity contribution is 7.13. The molecule has 0 spiro atoms. The molecule has 1 aromatic carbocycles. The number of thiophene rings is 1. The van der Waals surface area contributed by atoms with Gasteiger partial charge in [0.15, 0.2) is 0 Å². The van der Waals surface area contributed by atoms with Crippen LogP contribution in [0.1, 0.15) is 43.8 Å². The summed E-state index contributed by atoms with van der Waals surface area (Å²) in [5.41, 5.74) is 2.65. The minimum Gasteiger partial charge on any atom is -0.419 e. The number of nitrogens with zero attached hydrogens (tertiary/aromatic N) is 2. The summed E-state index contributed by atoms with van der Waals surface area (Å²) in [5, 5.41) is 13.8. The molecule has 0 saturated heterocycles.